The van der Waals surface area contributed by atoms with Gasteiger partial charge in [0, 0.05) is 43.0 Å². The third-order valence-corrected chi connectivity index (χ3v) is 8.10. The van der Waals surface area contributed by atoms with Gasteiger partial charge in [0.05, 0.1) is 21.3 Å². The van der Waals surface area contributed by atoms with Gasteiger partial charge in [0.15, 0.2) is 28.7 Å². The molecule has 3 heterocycles. The van der Waals surface area contributed by atoms with E-state index in [1.165, 1.54) is 25.7 Å². The van der Waals surface area contributed by atoms with Gasteiger partial charge in [-0.2, -0.15) is 0 Å². The van der Waals surface area contributed by atoms with Gasteiger partial charge in [-0.3, -0.25) is 4.90 Å². The molecular formula is C27H33NO6. The molecule has 6 rings (SSSR count). The molecule has 1 saturated heterocycles. The van der Waals surface area contributed by atoms with Crippen molar-refractivity contribution in [2.45, 2.75) is 50.2 Å². The summed E-state index contributed by atoms with van der Waals surface area (Å²) in [5, 5.41) is 0. The third-order valence-electron chi connectivity index (χ3n) is 8.10. The van der Waals surface area contributed by atoms with E-state index < -0.39 is 0 Å². The predicted molar refractivity (Wildman–Crippen MR) is 127 cm³/mol. The maximum absolute atomic E-state index is 7.05. The van der Waals surface area contributed by atoms with Crippen LogP contribution in [-0.4, -0.2) is 51.8 Å². The fourth-order valence-corrected chi connectivity index (χ4v) is 6.63. The molecule has 0 spiro atoms. The fourth-order valence-electron chi connectivity index (χ4n) is 6.63. The van der Waals surface area contributed by atoms with E-state index in [-0.39, 0.29) is 18.4 Å². The highest BCUT2D eigenvalue weighted by atomic mass is 16.7. The van der Waals surface area contributed by atoms with Gasteiger partial charge >= 0.3 is 0 Å². The lowest BCUT2D eigenvalue weighted by Crippen LogP contribution is -2.61. The number of hydrogen-bond acceptors (Lipinski definition) is 7. The molecule has 2 aromatic carbocycles. The second kappa shape index (κ2) is 8.45. The zero-order valence-corrected chi connectivity index (χ0v) is 20.2. The highest BCUT2D eigenvalue weighted by Crippen LogP contribution is 2.58. The van der Waals surface area contributed by atoms with Crippen LogP contribution in [0.2, 0.25) is 0 Å². The van der Waals surface area contributed by atoms with Gasteiger partial charge < -0.3 is 28.4 Å². The molecule has 0 aromatic heterocycles. The Hall–Kier alpha value is -2.80. The van der Waals surface area contributed by atoms with Gasteiger partial charge in [0.1, 0.15) is 5.75 Å². The van der Waals surface area contributed by atoms with E-state index in [0.29, 0.717) is 23.2 Å². The van der Waals surface area contributed by atoms with Crippen LogP contribution in [0.4, 0.5) is 0 Å². The van der Waals surface area contributed by atoms with Gasteiger partial charge in [0.25, 0.3) is 0 Å². The molecule has 1 saturated carbocycles. The highest BCUT2D eigenvalue weighted by Gasteiger charge is 2.55. The van der Waals surface area contributed by atoms with Gasteiger partial charge in [-0.25, -0.2) is 0 Å². The molecule has 182 valence electrons. The lowest BCUT2D eigenvalue weighted by molar-refractivity contribution is -0.154. The average molecular weight is 468 g/mol. The first-order valence-electron chi connectivity index (χ1n) is 12.4. The van der Waals surface area contributed by atoms with Crippen LogP contribution in [0.3, 0.4) is 0 Å². The minimum absolute atomic E-state index is 0.104. The summed E-state index contributed by atoms with van der Waals surface area (Å²) in [7, 11) is 4.99. The normalized spacial score (nSPS) is 27.5. The number of fused-ring (bicyclic) bond motifs is 3. The van der Waals surface area contributed by atoms with Crippen LogP contribution in [0.25, 0.3) is 0 Å². The molecule has 3 atom stereocenters. The van der Waals surface area contributed by atoms with E-state index in [0.717, 1.165) is 54.3 Å². The van der Waals surface area contributed by atoms with E-state index in [1.54, 1.807) is 21.3 Å². The van der Waals surface area contributed by atoms with E-state index in [2.05, 4.69) is 23.1 Å². The van der Waals surface area contributed by atoms with Crippen molar-refractivity contribution in [3.05, 3.63) is 35.4 Å². The molecule has 1 unspecified atom stereocenters. The zero-order chi connectivity index (χ0) is 23.3. The number of rotatable bonds is 5. The molecule has 0 radical (unpaired) electrons. The minimum atomic E-state index is -0.319. The first-order valence-corrected chi connectivity index (χ1v) is 12.4. The Bertz CT molecular complexity index is 1060. The Morgan fingerprint density at radius 3 is 2.21 bits per heavy atom. The SMILES string of the molecule is COc1cc([C@@H]2c3cc4c(cc3OC3(N5CCCC5)CCCC[C@@H]23)OCO4)cc(OC)c1OC. The maximum atomic E-state index is 7.05. The van der Waals surface area contributed by atoms with Crippen molar-refractivity contribution in [1.82, 2.24) is 4.90 Å². The van der Waals surface area contributed by atoms with E-state index >= 15 is 0 Å². The van der Waals surface area contributed by atoms with Gasteiger partial charge in [-0.05, 0) is 49.4 Å². The Labute approximate surface area is 200 Å². The average Bonchev–Trinajstić information content (AvgIpc) is 3.57. The molecule has 1 aliphatic carbocycles. The van der Waals surface area contributed by atoms with Crippen molar-refractivity contribution in [3.63, 3.8) is 0 Å². The van der Waals surface area contributed by atoms with Crippen molar-refractivity contribution >= 4 is 0 Å². The van der Waals surface area contributed by atoms with E-state index in [1.807, 2.05) is 6.07 Å². The summed E-state index contributed by atoms with van der Waals surface area (Å²) >= 11 is 0. The largest absolute Gasteiger partial charge is 0.493 e. The second-order valence-electron chi connectivity index (χ2n) is 9.67. The highest BCUT2D eigenvalue weighted by molar-refractivity contribution is 5.60. The molecule has 4 aliphatic rings. The van der Waals surface area contributed by atoms with Gasteiger partial charge in [-0.1, -0.05) is 6.42 Å². The van der Waals surface area contributed by atoms with Crippen molar-refractivity contribution in [1.29, 1.82) is 0 Å². The summed E-state index contributed by atoms with van der Waals surface area (Å²) in [6, 6.07) is 8.36. The number of methoxy groups -OCH3 is 3. The maximum Gasteiger partial charge on any atom is 0.231 e. The summed E-state index contributed by atoms with van der Waals surface area (Å²) in [6.07, 6.45) is 6.96. The topological polar surface area (TPSA) is 58.6 Å². The first-order chi connectivity index (χ1) is 16.7. The summed E-state index contributed by atoms with van der Waals surface area (Å²) in [5.41, 5.74) is 1.97. The molecule has 34 heavy (non-hydrogen) atoms. The number of likely N-dealkylation sites (tertiary alicyclic amines) is 1. The second-order valence-corrected chi connectivity index (χ2v) is 9.67. The Balaban J connectivity index is 1.57. The van der Waals surface area contributed by atoms with Crippen LogP contribution in [-0.2, 0) is 0 Å². The Kier molecular flexibility index (Phi) is 5.40. The Morgan fingerprint density at radius 1 is 0.824 bits per heavy atom. The van der Waals surface area contributed by atoms with Crippen LogP contribution in [0.15, 0.2) is 24.3 Å². The van der Waals surface area contributed by atoms with Gasteiger partial charge in [-0.15, -0.1) is 0 Å². The van der Waals surface area contributed by atoms with Crippen LogP contribution in [0, 0.1) is 5.92 Å². The molecule has 2 fully saturated rings. The molecule has 3 aliphatic heterocycles. The monoisotopic (exact) mass is 467 g/mol. The third kappa shape index (κ3) is 3.20. The van der Waals surface area contributed by atoms with E-state index in [9.17, 15) is 0 Å². The standard InChI is InChI=1S/C27H33NO6/c1-29-23-12-17(13-24(30-2)26(23)31-3)25-18-14-21-22(33-16-32-21)15-20(18)34-27(28-10-6-7-11-28)9-5-4-8-19(25)27/h12-15,19,25H,4-11,16H2,1-3H3/t19-,25+,27?/m0/s1. The quantitative estimate of drug-likeness (QED) is 0.617. The molecule has 0 amide bonds. The molecule has 0 N–H and O–H groups in total. The summed E-state index contributed by atoms with van der Waals surface area (Å²) < 4.78 is 35.7. The van der Waals surface area contributed by atoms with Crippen molar-refractivity contribution in [2.24, 2.45) is 5.92 Å². The van der Waals surface area contributed by atoms with Crippen LogP contribution >= 0.6 is 0 Å². The Morgan fingerprint density at radius 2 is 1.53 bits per heavy atom. The summed E-state index contributed by atoms with van der Waals surface area (Å²) in [4.78, 5) is 2.61. The molecule has 7 heteroatoms. The van der Waals surface area contributed by atoms with Crippen molar-refractivity contribution in [3.8, 4) is 34.5 Å². The summed E-state index contributed by atoms with van der Waals surface area (Å²) in [5.74, 6) is 4.80. The lowest BCUT2D eigenvalue weighted by Gasteiger charge is -2.55. The summed E-state index contributed by atoms with van der Waals surface area (Å²) in [6.45, 7) is 2.41. The zero-order valence-electron chi connectivity index (χ0n) is 20.2. The number of hydrogen-bond donors (Lipinski definition) is 0. The van der Waals surface area contributed by atoms with Crippen LogP contribution in [0.5, 0.6) is 34.5 Å². The van der Waals surface area contributed by atoms with Gasteiger partial charge in [0.2, 0.25) is 12.5 Å². The van der Waals surface area contributed by atoms with E-state index in [4.69, 9.17) is 28.4 Å². The molecule has 2 aromatic rings. The smallest absolute Gasteiger partial charge is 0.231 e. The predicted octanol–water partition coefficient (Wildman–Crippen LogP) is 4.95. The number of ether oxygens (including phenoxy) is 6. The fraction of sp³-hybridized carbons (Fsp3) is 0.556. The molecular weight excluding hydrogens is 434 g/mol. The molecule has 7 nitrogen and oxygen atoms in total. The van der Waals surface area contributed by atoms with Crippen molar-refractivity contribution in [2.75, 3.05) is 41.2 Å². The lowest BCUT2D eigenvalue weighted by atomic mass is 9.66. The number of benzene rings is 2. The van der Waals surface area contributed by atoms with Crippen LogP contribution in [0.1, 0.15) is 55.6 Å². The molecule has 0 bridgehead atoms. The van der Waals surface area contributed by atoms with Crippen molar-refractivity contribution < 1.29 is 28.4 Å². The number of nitrogens with zero attached hydrogens (tertiary/aromatic N) is 1. The van der Waals surface area contributed by atoms with Crippen LogP contribution < -0.4 is 28.4 Å². The first kappa shape index (κ1) is 21.7. The minimum Gasteiger partial charge on any atom is -0.493 e.